The van der Waals surface area contributed by atoms with Gasteiger partial charge in [0.2, 0.25) is 5.91 Å². The summed E-state index contributed by atoms with van der Waals surface area (Å²) in [6, 6.07) is 5.68. The predicted molar refractivity (Wildman–Crippen MR) is 124 cm³/mol. The van der Waals surface area contributed by atoms with Crippen LogP contribution in [-0.4, -0.2) is 38.2 Å². The van der Waals surface area contributed by atoms with Gasteiger partial charge in [0.1, 0.15) is 28.7 Å². The summed E-state index contributed by atoms with van der Waals surface area (Å²) in [7, 11) is 2.94. The molecule has 1 aromatic carbocycles. The molecule has 10 heteroatoms. The average Bonchev–Trinajstić information content (AvgIpc) is 2.82. The van der Waals surface area contributed by atoms with E-state index in [-0.39, 0.29) is 18.3 Å². The molecule has 3 N–H and O–H groups in total. The van der Waals surface area contributed by atoms with Crippen molar-refractivity contribution >= 4 is 17.4 Å². The lowest BCUT2D eigenvalue weighted by Gasteiger charge is -2.33. The first-order valence-electron chi connectivity index (χ1n) is 11.2. The molecule has 2 aromatic rings. The van der Waals surface area contributed by atoms with Gasteiger partial charge in [-0.2, -0.15) is 13.2 Å². The number of benzene rings is 1. The topological polar surface area (TPSA) is 89.7 Å². The molecule has 1 aliphatic heterocycles. The zero-order valence-electron chi connectivity index (χ0n) is 19.8. The second kappa shape index (κ2) is 10.4. The SMILES string of the molecule is COc1cc(C(C)C(=O)NCc2ccc(C(F)(F)F)nc2N2CCC(C)CC2)cc(OC)c1N. The summed E-state index contributed by atoms with van der Waals surface area (Å²) in [6.45, 7) is 5.15. The fourth-order valence-electron chi connectivity index (χ4n) is 3.96. The summed E-state index contributed by atoms with van der Waals surface area (Å²) in [5.74, 6) is 0.688. The van der Waals surface area contributed by atoms with Crippen LogP contribution in [-0.2, 0) is 17.5 Å². The fourth-order valence-corrected chi connectivity index (χ4v) is 3.96. The van der Waals surface area contributed by atoms with Crippen LogP contribution in [0.25, 0.3) is 0 Å². The lowest BCUT2D eigenvalue weighted by Crippen LogP contribution is -2.35. The molecule has 1 unspecified atom stereocenters. The van der Waals surface area contributed by atoms with Gasteiger partial charge in [0.25, 0.3) is 0 Å². The smallest absolute Gasteiger partial charge is 0.433 e. The number of aromatic nitrogens is 1. The highest BCUT2D eigenvalue weighted by Gasteiger charge is 2.34. The maximum Gasteiger partial charge on any atom is 0.433 e. The molecule has 1 amide bonds. The third kappa shape index (κ3) is 5.66. The normalized spacial score (nSPS) is 15.7. The van der Waals surface area contributed by atoms with Gasteiger partial charge in [-0.15, -0.1) is 0 Å². The molecular weight excluding hydrogens is 449 g/mol. The van der Waals surface area contributed by atoms with E-state index in [1.165, 1.54) is 20.3 Å². The van der Waals surface area contributed by atoms with Crippen LogP contribution in [0.3, 0.4) is 0 Å². The molecule has 0 radical (unpaired) electrons. The molecule has 1 saturated heterocycles. The molecule has 3 rings (SSSR count). The van der Waals surface area contributed by atoms with Gasteiger partial charge >= 0.3 is 6.18 Å². The number of carbonyl (C=O) groups is 1. The van der Waals surface area contributed by atoms with Crippen molar-refractivity contribution in [2.45, 2.75) is 45.3 Å². The van der Waals surface area contributed by atoms with Crippen molar-refractivity contribution in [3.63, 3.8) is 0 Å². The maximum atomic E-state index is 13.3. The van der Waals surface area contributed by atoms with Crippen molar-refractivity contribution in [1.29, 1.82) is 0 Å². The van der Waals surface area contributed by atoms with Crippen LogP contribution in [0.5, 0.6) is 11.5 Å². The van der Waals surface area contributed by atoms with Gasteiger partial charge in [-0.05, 0) is 49.4 Å². The largest absolute Gasteiger partial charge is 0.494 e. The molecule has 0 spiro atoms. The minimum atomic E-state index is -4.54. The highest BCUT2D eigenvalue weighted by Crippen LogP contribution is 2.36. The summed E-state index contributed by atoms with van der Waals surface area (Å²) in [6.07, 6.45) is -2.79. The fraction of sp³-hybridized carbons (Fsp3) is 0.500. The Labute approximate surface area is 197 Å². The number of nitrogens with one attached hydrogen (secondary N) is 1. The summed E-state index contributed by atoms with van der Waals surface area (Å²) in [5, 5.41) is 2.83. The van der Waals surface area contributed by atoms with Crippen LogP contribution in [0, 0.1) is 5.92 Å². The van der Waals surface area contributed by atoms with E-state index in [1.807, 2.05) is 4.90 Å². The number of alkyl halides is 3. The van der Waals surface area contributed by atoms with Gasteiger partial charge < -0.3 is 25.4 Å². The number of ether oxygens (including phenoxy) is 2. The van der Waals surface area contributed by atoms with Crippen molar-refractivity contribution in [3.05, 3.63) is 41.1 Å². The second-order valence-electron chi connectivity index (χ2n) is 8.63. The number of rotatable bonds is 7. The molecule has 1 aliphatic rings. The third-order valence-electron chi connectivity index (χ3n) is 6.24. The van der Waals surface area contributed by atoms with Crippen LogP contribution < -0.4 is 25.4 Å². The zero-order chi connectivity index (χ0) is 25.0. The number of pyridine rings is 1. The molecule has 0 aliphatic carbocycles. The van der Waals surface area contributed by atoms with Crippen LogP contribution in [0.1, 0.15) is 49.4 Å². The highest BCUT2D eigenvalue weighted by atomic mass is 19.4. The predicted octanol–water partition coefficient (Wildman–Crippen LogP) is 4.36. The summed E-state index contributed by atoms with van der Waals surface area (Å²) >= 11 is 0. The highest BCUT2D eigenvalue weighted by molar-refractivity contribution is 5.84. The Morgan fingerprint density at radius 3 is 2.32 bits per heavy atom. The maximum absolute atomic E-state index is 13.3. The number of nitrogens with two attached hydrogens (primary N) is 1. The van der Waals surface area contributed by atoms with Crippen molar-refractivity contribution in [3.8, 4) is 11.5 Å². The van der Waals surface area contributed by atoms with Gasteiger partial charge in [0.05, 0.1) is 20.1 Å². The number of hydrogen-bond donors (Lipinski definition) is 2. The van der Waals surface area contributed by atoms with E-state index in [0.29, 0.717) is 47.3 Å². The number of piperidine rings is 1. The first-order chi connectivity index (χ1) is 16.0. The molecule has 7 nitrogen and oxygen atoms in total. The first kappa shape index (κ1) is 25.5. The lowest BCUT2D eigenvalue weighted by atomic mass is 9.98. The summed E-state index contributed by atoms with van der Waals surface area (Å²) < 4.78 is 50.5. The van der Waals surface area contributed by atoms with E-state index in [9.17, 15) is 18.0 Å². The first-order valence-corrected chi connectivity index (χ1v) is 11.2. The van der Waals surface area contributed by atoms with Gasteiger partial charge in [0, 0.05) is 25.2 Å². The summed E-state index contributed by atoms with van der Waals surface area (Å²) in [5.41, 5.74) is 6.55. The van der Waals surface area contributed by atoms with Crippen molar-refractivity contribution in [2.75, 3.05) is 37.9 Å². The number of hydrogen-bond acceptors (Lipinski definition) is 6. The Bertz CT molecular complexity index is 996. The number of methoxy groups -OCH3 is 2. The van der Waals surface area contributed by atoms with E-state index in [2.05, 4.69) is 17.2 Å². The van der Waals surface area contributed by atoms with Gasteiger partial charge in [0.15, 0.2) is 0 Å². The molecule has 2 heterocycles. The Kier molecular flexibility index (Phi) is 7.78. The quantitative estimate of drug-likeness (QED) is 0.573. The molecule has 1 aromatic heterocycles. The molecule has 0 saturated carbocycles. The minimum absolute atomic E-state index is 0.0545. The average molecular weight is 481 g/mol. The van der Waals surface area contributed by atoms with Crippen LogP contribution in [0.2, 0.25) is 0 Å². The van der Waals surface area contributed by atoms with E-state index >= 15 is 0 Å². The summed E-state index contributed by atoms with van der Waals surface area (Å²) in [4.78, 5) is 18.7. The van der Waals surface area contributed by atoms with Crippen LogP contribution >= 0.6 is 0 Å². The van der Waals surface area contributed by atoms with E-state index < -0.39 is 17.8 Å². The van der Waals surface area contributed by atoms with Crippen LogP contribution in [0.15, 0.2) is 24.3 Å². The zero-order valence-corrected chi connectivity index (χ0v) is 19.8. The number of anilines is 2. The van der Waals surface area contributed by atoms with Gasteiger partial charge in [-0.1, -0.05) is 13.0 Å². The number of nitrogen functional groups attached to an aromatic ring is 1. The molecule has 1 fully saturated rings. The van der Waals surface area contributed by atoms with Crippen LogP contribution in [0.4, 0.5) is 24.7 Å². The molecule has 34 heavy (non-hydrogen) atoms. The Balaban J connectivity index is 1.81. The van der Waals surface area contributed by atoms with Gasteiger partial charge in [-0.25, -0.2) is 4.98 Å². The Hall–Kier alpha value is -3.17. The standard InChI is InChI=1S/C24H31F3N4O3/c1-14-7-9-31(10-8-14)22-16(5-6-20(30-22)24(25,26)27)13-29-23(32)15(2)17-11-18(33-3)21(28)19(12-17)34-4/h5-6,11-12,14-15H,7-10,13,28H2,1-4H3,(H,29,32). The second-order valence-corrected chi connectivity index (χ2v) is 8.63. The molecule has 186 valence electrons. The number of halogens is 3. The van der Waals surface area contributed by atoms with E-state index in [4.69, 9.17) is 15.2 Å². The Morgan fingerprint density at radius 2 is 1.79 bits per heavy atom. The number of carbonyl (C=O) groups excluding carboxylic acids is 1. The van der Waals surface area contributed by atoms with Gasteiger partial charge in [-0.3, -0.25) is 4.79 Å². The van der Waals surface area contributed by atoms with Crippen molar-refractivity contribution in [1.82, 2.24) is 10.3 Å². The van der Waals surface area contributed by atoms with Crippen molar-refractivity contribution in [2.24, 2.45) is 5.92 Å². The van der Waals surface area contributed by atoms with E-state index in [0.717, 1.165) is 18.9 Å². The van der Waals surface area contributed by atoms with Crippen molar-refractivity contribution < 1.29 is 27.4 Å². The molecule has 1 atom stereocenters. The molecular formula is C24H31F3N4O3. The third-order valence-corrected chi connectivity index (χ3v) is 6.24. The van der Waals surface area contributed by atoms with E-state index in [1.54, 1.807) is 19.1 Å². The minimum Gasteiger partial charge on any atom is -0.494 e. The lowest BCUT2D eigenvalue weighted by molar-refractivity contribution is -0.141. The molecule has 0 bridgehead atoms. The number of amides is 1. The monoisotopic (exact) mass is 480 g/mol. The Morgan fingerprint density at radius 1 is 1.21 bits per heavy atom. The number of nitrogens with zero attached hydrogens (tertiary/aromatic N) is 2.